The van der Waals surface area contributed by atoms with Gasteiger partial charge in [-0.25, -0.2) is 0 Å². The van der Waals surface area contributed by atoms with E-state index in [1.54, 1.807) is 5.57 Å². The Hall–Kier alpha value is -0.340. The van der Waals surface area contributed by atoms with Gasteiger partial charge in [0.2, 0.25) is 0 Å². The molecule has 0 aromatic carbocycles. The van der Waals surface area contributed by atoms with E-state index in [9.17, 15) is 5.11 Å². The first kappa shape index (κ1) is 14.3. The highest BCUT2D eigenvalue weighted by Gasteiger charge is 2.55. The van der Waals surface area contributed by atoms with Gasteiger partial charge in [0.05, 0.1) is 12.7 Å². The maximum Gasteiger partial charge on any atom is 0.0577 e. The van der Waals surface area contributed by atoms with Gasteiger partial charge in [0.1, 0.15) is 0 Å². The summed E-state index contributed by atoms with van der Waals surface area (Å²) in [4.78, 5) is 0. The van der Waals surface area contributed by atoms with Crippen molar-refractivity contribution in [3.05, 3.63) is 11.6 Å². The normalized spacial score (nSPS) is 53.2. The van der Waals surface area contributed by atoms with Crippen molar-refractivity contribution in [2.75, 3.05) is 13.2 Å². The predicted molar refractivity (Wildman–Crippen MR) is 83.9 cm³/mol. The van der Waals surface area contributed by atoms with Crippen LogP contribution in [-0.2, 0) is 4.74 Å². The maximum atomic E-state index is 10.0. The summed E-state index contributed by atoms with van der Waals surface area (Å²) in [7, 11) is 0. The lowest BCUT2D eigenvalue weighted by atomic mass is 9.47. The molecule has 2 nitrogen and oxygen atoms in total. The predicted octanol–water partition coefficient (Wildman–Crippen LogP) is 3.94. The van der Waals surface area contributed by atoms with Crippen LogP contribution in [0.4, 0.5) is 0 Å². The average molecular weight is 290 g/mol. The van der Waals surface area contributed by atoms with Crippen LogP contribution in [0.1, 0.15) is 58.8 Å². The van der Waals surface area contributed by atoms with Gasteiger partial charge in [-0.15, -0.1) is 0 Å². The molecule has 6 unspecified atom stereocenters. The lowest BCUT2D eigenvalue weighted by molar-refractivity contribution is -0.124. The van der Waals surface area contributed by atoms with Crippen LogP contribution in [0.2, 0.25) is 0 Å². The first-order chi connectivity index (χ1) is 10.0. The second-order valence-electron chi connectivity index (χ2n) is 8.69. The molecular weight excluding hydrogens is 260 g/mol. The van der Waals surface area contributed by atoms with Crippen molar-refractivity contribution < 1.29 is 9.84 Å². The fraction of sp³-hybridized carbons (Fsp3) is 0.895. The Balaban J connectivity index is 1.66. The molecule has 1 saturated heterocycles. The molecule has 2 saturated carbocycles. The van der Waals surface area contributed by atoms with Gasteiger partial charge in [0.15, 0.2) is 0 Å². The van der Waals surface area contributed by atoms with E-state index in [-0.39, 0.29) is 6.10 Å². The molecule has 1 heterocycles. The minimum absolute atomic E-state index is 0.0854. The van der Waals surface area contributed by atoms with Crippen LogP contribution in [0.25, 0.3) is 0 Å². The third-order valence-electron chi connectivity index (χ3n) is 7.60. The SMILES string of the molecule is CC12CCC3C(CC=C4CC(O)CCC43C)C1CCOC2. The molecule has 0 amide bonds. The van der Waals surface area contributed by atoms with E-state index < -0.39 is 0 Å². The van der Waals surface area contributed by atoms with E-state index in [0.717, 1.165) is 43.8 Å². The van der Waals surface area contributed by atoms with Crippen molar-refractivity contribution in [1.29, 1.82) is 0 Å². The summed E-state index contributed by atoms with van der Waals surface area (Å²) in [6.45, 7) is 6.92. The lowest BCUT2D eigenvalue weighted by Crippen LogP contribution is -2.53. The highest BCUT2D eigenvalue weighted by molar-refractivity contribution is 5.24. The number of ether oxygens (including phenoxy) is 1. The summed E-state index contributed by atoms with van der Waals surface area (Å²) in [6, 6.07) is 0. The van der Waals surface area contributed by atoms with E-state index >= 15 is 0 Å². The summed E-state index contributed by atoms with van der Waals surface area (Å²) in [5, 5.41) is 10.0. The van der Waals surface area contributed by atoms with Crippen LogP contribution in [0.3, 0.4) is 0 Å². The van der Waals surface area contributed by atoms with Gasteiger partial charge in [0, 0.05) is 6.61 Å². The second kappa shape index (κ2) is 4.83. The molecule has 6 atom stereocenters. The molecule has 0 radical (unpaired) electrons. The summed E-state index contributed by atoms with van der Waals surface area (Å²) < 4.78 is 5.82. The Morgan fingerprint density at radius 2 is 2.00 bits per heavy atom. The Labute approximate surface area is 129 Å². The van der Waals surface area contributed by atoms with Crippen LogP contribution in [0, 0.1) is 28.6 Å². The summed E-state index contributed by atoms with van der Waals surface area (Å²) in [5.74, 6) is 2.56. The molecule has 3 fully saturated rings. The maximum absolute atomic E-state index is 10.0. The number of allylic oxidation sites excluding steroid dienone is 1. The zero-order valence-electron chi connectivity index (χ0n) is 13.6. The van der Waals surface area contributed by atoms with Crippen LogP contribution < -0.4 is 0 Å². The third-order valence-corrected chi connectivity index (χ3v) is 7.60. The van der Waals surface area contributed by atoms with Crippen molar-refractivity contribution in [3.8, 4) is 0 Å². The molecular formula is C19H30O2. The molecule has 1 aliphatic heterocycles. The number of rotatable bonds is 0. The van der Waals surface area contributed by atoms with E-state index in [2.05, 4.69) is 19.9 Å². The molecule has 4 aliphatic rings. The van der Waals surface area contributed by atoms with E-state index in [4.69, 9.17) is 4.74 Å². The number of hydrogen-bond acceptors (Lipinski definition) is 2. The van der Waals surface area contributed by atoms with Crippen molar-refractivity contribution >= 4 is 0 Å². The number of aliphatic hydroxyl groups is 1. The van der Waals surface area contributed by atoms with E-state index in [0.29, 0.717) is 10.8 Å². The minimum Gasteiger partial charge on any atom is -0.393 e. The zero-order valence-corrected chi connectivity index (χ0v) is 13.6. The van der Waals surface area contributed by atoms with Gasteiger partial charge in [0.25, 0.3) is 0 Å². The molecule has 0 spiro atoms. The van der Waals surface area contributed by atoms with Crippen molar-refractivity contribution in [2.45, 2.75) is 64.9 Å². The average Bonchev–Trinajstić information content (AvgIpc) is 2.47. The summed E-state index contributed by atoms with van der Waals surface area (Å²) >= 11 is 0. The fourth-order valence-electron chi connectivity index (χ4n) is 6.29. The Morgan fingerprint density at radius 3 is 2.86 bits per heavy atom. The molecule has 2 heteroatoms. The van der Waals surface area contributed by atoms with Crippen molar-refractivity contribution in [1.82, 2.24) is 0 Å². The van der Waals surface area contributed by atoms with Crippen LogP contribution in [-0.4, -0.2) is 24.4 Å². The van der Waals surface area contributed by atoms with Gasteiger partial charge in [-0.05, 0) is 73.5 Å². The molecule has 4 rings (SSSR count). The molecule has 0 bridgehead atoms. The van der Waals surface area contributed by atoms with Crippen molar-refractivity contribution in [2.24, 2.45) is 28.6 Å². The summed E-state index contributed by atoms with van der Waals surface area (Å²) in [5.41, 5.74) is 2.38. The number of fused-ring (bicyclic) bond motifs is 5. The molecule has 3 aliphatic carbocycles. The number of hydrogen-bond donors (Lipinski definition) is 1. The summed E-state index contributed by atoms with van der Waals surface area (Å²) in [6.07, 6.45) is 10.8. The van der Waals surface area contributed by atoms with Crippen LogP contribution in [0.5, 0.6) is 0 Å². The quantitative estimate of drug-likeness (QED) is 0.685. The number of aliphatic hydroxyl groups excluding tert-OH is 1. The molecule has 0 aromatic heterocycles. The van der Waals surface area contributed by atoms with Crippen molar-refractivity contribution in [3.63, 3.8) is 0 Å². The fourth-order valence-corrected chi connectivity index (χ4v) is 6.29. The smallest absolute Gasteiger partial charge is 0.0577 e. The molecule has 118 valence electrons. The van der Waals surface area contributed by atoms with Gasteiger partial charge in [-0.2, -0.15) is 0 Å². The first-order valence-corrected chi connectivity index (χ1v) is 8.98. The van der Waals surface area contributed by atoms with Gasteiger partial charge in [-0.3, -0.25) is 0 Å². The highest BCUT2D eigenvalue weighted by atomic mass is 16.5. The second-order valence-corrected chi connectivity index (χ2v) is 8.69. The third kappa shape index (κ3) is 2.05. The van der Waals surface area contributed by atoms with Crippen LogP contribution in [0.15, 0.2) is 11.6 Å². The standard InChI is InChI=1S/C19H30O2/c1-18-8-6-17-15(16(18)7-10-21-12-18)4-3-13-11-14(20)5-9-19(13,17)2/h3,14-17,20H,4-12H2,1-2H3. The van der Waals surface area contributed by atoms with Gasteiger partial charge < -0.3 is 9.84 Å². The molecule has 1 N–H and O–H groups in total. The van der Waals surface area contributed by atoms with E-state index in [1.165, 1.54) is 32.1 Å². The van der Waals surface area contributed by atoms with Crippen LogP contribution >= 0.6 is 0 Å². The molecule has 21 heavy (non-hydrogen) atoms. The Kier molecular flexibility index (Phi) is 3.28. The molecule has 0 aromatic rings. The Bertz CT molecular complexity index is 456. The lowest BCUT2D eigenvalue weighted by Gasteiger charge is -2.59. The van der Waals surface area contributed by atoms with E-state index in [1.807, 2.05) is 0 Å². The zero-order chi connectivity index (χ0) is 14.7. The van der Waals surface area contributed by atoms with Gasteiger partial charge in [-0.1, -0.05) is 25.5 Å². The Morgan fingerprint density at radius 1 is 1.14 bits per heavy atom. The highest BCUT2D eigenvalue weighted by Crippen LogP contribution is 2.62. The largest absolute Gasteiger partial charge is 0.393 e. The van der Waals surface area contributed by atoms with Gasteiger partial charge >= 0.3 is 0 Å². The first-order valence-electron chi connectivity index (χ1n) is 8.98. The topological polar surface area (TPSA) is 29.5 Å². The monoisotopic (exact) mass is 290 g/mol. The minimum atomic E-state index is -0.0854.